The fourth-order valence-electron chi connectivity index (χ4n) is 2.19. The number of hydrogen-bond donors (Lipinski definition) is 0. The first-order valence-corrected chi connectivity index (χ1v) is 8.23. The molecule has 7 heteroatoms. The van der Waals surface area contributed by atoms with Crippen LogP contribution in [-0.4, -0.2) is 15.9 Å². The molecule has 0 saturated carbocycles. The van der Waals surface area contributed by atoms with Gasteiger partial charge in [0.25, 0.3) is 5.19 Å². The van der Waals surface area contributed by atoms with E-state index in [1.165, 1.54) is 11.3 Å². The zero-order valence-electron chi connectivity index (χ0n) is 11.1. The minimum atomic E-state index is -0.837. The smallest absolute Gasteiger partial charge is 0.280 e. The molecule has 1 aromatic carbocycles. The summed E-state index contributed by atoms with van der Waals surface area (Å²) in [6, 6.07) is 7.66. The lowest BCUT2D eigenvalue weighted by Crippen LogP contribution is -2.20. The Kier molecular flexibility index (Phi) is 4.10. The summed E-state index contributed by atoms with van der Waals surface area (Å²) in [4.78, 5) is 4.07. The van der Waals surface area contributed by atoms with Crippen molar-refractivity contribution in [3.8, 4) is 10.9 Å². The van der Waals surface area contributed by atoms with E-state index in [0.29, 0.717) is 28.3 Å². The number of halogens is 3. The van der Waals surface area contributed by atoms with Crippen LogP contribution in [0.25, 0.3) is 0 Å². The van der Waals surface area contributed by atoms with Crippen LogP contribution in [0.1, 0.15) is 18.9 Å². The summed E-state index contributed by atoms with van der Waals surface area (Å²) >= 11 is 19.3. The summed E-state index contributed by atoms with van der Waals surface area (Å²) in [5.74, 6) is 0.680. The third-order valence-electron chi connectivity index (χ3n) is 3.11. The van der Waals surface area contributed by atoms with Crippen LogP contribution in [0.5, 0.6) is 10.9 Å². The van der Waals surface area contributed by atoms with Gasteiger partial charge in [0.1, 0.15) is 20.0 Å². The van der Waals surface area contributed by atoms with E-state index in [4.69, 9.17) is 44.3 Å². The minimum absolute atomic E-state index is 0.419. The molecule has 1 unspecified atom stereocenters. The van der Waals surface area contributed by atoms with Crippen molar-refractivity contribution < 1.29 is 9.47 Å². The Bertz CT molecular complexity index is 650. The molecule has 0 aliphatic carbocycles. The van der Waals surface area contributed by atoms with Gasteiger partial charge in [0, 0.05) is 6.42 Å². The molecular weight excluding hydrogens is 353 g/mol. The summed E-state index contributed by atoms with van der Waals surface area (Å²) in [7, 11) is 0. The van der Waals surface area contributed by atoms with Gasteiger partial charge in [-0.2, -0.15) is 0 Å². The van der Waals surface area contributed by atoms with Gasteiger partial charge < -0.3 is 9.47 Å². The summed E-state index contributed by atoms with van der Waals surface area (Å²) in [5, 5.41) is 0.502. The Hall–Kier alpha value is -0.520. The molecule has 112 valence electrons. The van der Waals surface area contributed by atoms with Crippen molar-refractivity contribution in [2.24, 2.45) is 0 Å². The zero-order valence-corrected chi connectivity index (χ0v) is 14.2. The molecule has 1 fully saturated rings. The molecular formula is C14H12Cl3NO2S. The second kappa shape index (κ2) is 5.60. The first-order valence-electron chi connectivity index (χ1n) is 6.28. The van der Waals surface area contributed by atoms with Crippen LogP contribution < -0.4 is 4.74 Å². The Balaban J connectivity index is 1.80. The molecule has 1 aromatic heterocycles. The lowest BCUT2D eigenvalue weighted by Gasteiger charge is -2.20. The molecule has 0 amide bonds. The second-order valence-corrected chi connectivity index (χ2v) is 8.58. The monoisotopic (exact) mass is 363 g/mol. The number of thiazole rings is 1. The van der Waals surface area contributed by atoms with Gasteiger partial charge >= 0.3 is 0 Å². The lowest BCUT2D eigenvalue weighted by atomic mass is 9.94. The van der Waals surface area contributed by atoms with Gasteiger partial charge in [0.15, 0.2) is 0 Å². The van der Waals surface area contributed by atoms with Crippen LogP contribution in [0.4, 0.5) is 0 Å². The van der Waals surface area contributed by atoms with Crippen LogP contribution in [0.15, 0.2) is 30.5 Å². The third-order valence-corrected chi connectivity index (χ3v) is 4.37. The van der Waals surface area contributed by atoms with Gasteiger partial charge in [-0.1, -0.05) is 35.1 Å². The molecule has 0 N–H and O–H groups in total. The quantitative estimate of drug-likeness (QED) is 0.526. The fraction of sp³-hybridized carbons (Fsp3) is 0.357. The van der Waals surface area contributed by atoms with Crippen LogP contribution in [0.3, 0.4) is 0 Å². The molecule has 1 aliphatic rings. The highest BCUT2D eigenvalue weighted by Gasteiger charge is 2.50. The molecule has 2 aromatic rings. The highest BCUT2D eigenvalue weighted by Crippen LogP contribution is 2.48. The van der Waals surface area contributed by atoms with Crippen molar-refractivity contribution in [3.05, 3.63) is 40.4 Å². The minimum Gasteiger partial charge on any atom is -0.431 e. The molecule has 0 bridgehead atoms. The fourth-order valence-corrected chi connectivity index (χ4v) is 3.38. The van der Waals surface area contributed by atoms with E-state index in [-0.39, 0.29) is 0 Å². The van der Waals surface area contributed by atoms with Crippen LogP contribution in [0, 0.1) is 0 Å². The van der Waals surface area contributed by atoms with Crippen LogP contribution >= 0.6 is 46.1 Å². The summed E-state index contributed by atoms with van der Waals surface area (Å²) in [6.07, 6.45) is 2.08. The molecule has 1 aliphatic heterocycles. The number of aromatic nitrogens is 1. The van der Waals surface area contributed by atoms with Gasteiger partial charge in [-0.05, 0) is 24.6 Å². The van der Waals surface area contributed by atoms with Crippen molar-refractivity contribution in [2.75, 3.05) is 6.61 Å². The number of epoxide rings is 1. The highest BCUT2D eigenvalue weighted by atomic mass is 35.5. The molecule has 21 heavy (non-hydrogen) atoms. The number of rotatable bonds is 5. The van der Waals surface area contributed by atoms with Gasteiger partial charge in [-0.15, -0.1) is 23.2 Å². The van der Waals surface area contributed by atoms with Crippen LogP contribution in [0.2, 0.25) is 4.34 Å². The molecule has 0 radical (unpaired) electrons. The number of hydrogen-bond acceptors (Lipinski definition) is 4. The maximum atomic E-state index is 6.11. The largest absolute Gasteiger partial charge is 0.431 e. The van der Waals surface area contributed by atoms with Crippen molar-refractivity contribution in [3.63, 3.8) is 0 Å². The number of alkyl halides is 2. The molecule has 1 atom stereocenters. The topological polar surface area (TPSA) is 34.6 Å². The standard InChI is InChI=1S/C14H12Cl3NO2S/c1-13(16,17)7-14(8-19-14)9-3-2-4-10(5-9)20-12-18-6-11(15)21-12/h2-6H,7-8H2,1H3. The van der Waals surface area contributed by atoms with Crippen molar-refractivity contribution in [1.82, 2.24) is 4.98 Å². The van der Waals surface area contributed by atoms with Crippen molar-refractivity contribution in [1.29, 1.82) is 0 Å². The number of benzene rings is 1. The zero-order chi connectivity index (χ0) is 15.1. The van der Waals surface area contributed by atoms with Crippen molar-refractivity contribution in [2.45, 2.75) is 23.3 Å². The van der Waals surface area contributed by atoms with E-state index in [1.807, 2.05) is 24.3 Å². The second-order valence-electron chi connectivity index (χ2n) is 5.09. The Labute approximate surface area is 141 Å². The first-order chi connectivity index (χ1) is 9.86. The Morgan fingerprint density at radius 3 is 2.81 bits per heavy atom. The average molecular weight is 365 g/mol. The first kappa shape index (κ1) is 15.4. The molecule has 3 rings (SSSR count). The van der Waals surface area contributed by atoms with E-state index in [1.54, 1.807) is 13.1 Å². The average Bonchev–Trinajstić information content (AvgIpc) is 3.04. The summed E-state index contributed by atoms with van der Waals surface area (Å²) in [6.45, 7) is 2.37. The molecule has 0 spiro atoms. The predicted molar refractivity (Wildman–Crippen MR) is 86.0 cm³/mol. The van der Waals surface area contributed by atoms with E-state index >= 15 is 0 Å². The SMILES string of the molecule is CC(Cl)(Cl)CC1(c2cccc(Oc3ncc(Cl)s3)c2)CO1. The predicted octanol–water partition coefficient (Wildman–Crippen LogP) is 5.40. The molecule has 1 saturated heterocycles. The van der Waals surface area contributed by atoms with Gasteiger partial charge in [0.05, 0.1) is 12.8 Å². The Morgan fingerprint density at radius 1 is 1.48 bits per heavy atom. The maximum absolute atomic E-state index is 6.11. The van der Waals surface area contributed by atoms with Gasteiger partial charge in [0.2, 0.25) is 0 Å². The lowest BCUT2D eigenvalue weighted by molar-refractivity contribution is 0.286. The van der Waals surface area contributed by atoms with E-state index < -0.39 is 9.93 Å². The third kappa shape index (κ3) is 3.82. The van der Waals surface area contributed by atoms with Crippen LogP contribution in [-0.2, 0) is 10.3 Å². The highest BCUT2D eigenvalue weighted by molar-refractivity contribution is 7.17. The van der Waals surface area contributed by atoms with Crippen molar-refractivity contribution >= 4 is 46.1 Å². The summed E-state index contributed by atoms with van der Waals surface area (Å²) < 4.78 is 11.1. The van der Waals surface area contributed by atoms with E-state index in [2.05, 4.69) is 4.98 Å². The molecule has 2 heterocycles. The van der Waals surface area contributed by atoms with Gasteiger partial charge in [-0.25, -0.2) is 4.98 Å². The maximum Gasteiger partial charge on any atom is 0.280 e. The van der Waals surface area contributed by atoms with E-state index in [9.17, 15) is 0 Å². The number of nitrogens with zero attached hydrogens (tertiary/aromatic N) is 1. The van der Waals surface area contributed by atoms with Gasteiger partial charge in [-0.3, -0.25) is 0 Å². The molecule has 3 nitrogen and oxygen atoms in total. The normalized spacial score (nSPS) is 21.3. The summed E-state index contributed by atoms with van der Waals surface area (Å²) in [5.41, 5.74) is 0.577. The Morgan fingerprint density at radius 2 is 2.24 bits per heavy atom. The van der Waals surface area contributed by atoms with E-state index in [0.717, 1.165) is 5.56 Å². The number of ether oxygens (including phenoxy) is 2.